The minimum atomic E-state index is -2.83. The summed E-state index contributed by atoms with van der Waals surface area (Å²) in [6.07, 6.45) is -2.83. The Labute approximate surface area is 160 Å². The van der Waals surface area contributed by atoms with Gasteiger partial charge in [0.2, 0.25) is 0 Å². The van der Waals surface area contributed by atoms with Crippen molar-refractivity contribution in [1.29, 1.82) is 0 Å². The van der Waals surface area contributed by atoms with Gasteiger partial charge >= 0.3 is 5.69 Å². The smallest absolute Gasteiger partial charge is 0.320 e. The predicted octanol–water partition coefficient (Wildman–Crippen LogP) is 4.86. The lowest BCUT2D eigenvalue weighted by molar-refractivity contribution is 0.157. The van der Waals surface area contributed by atoms with Crippen molar-refractivity contribution in [2.24, 2.45) is 0 Å². The lowest BCUT2D eigenvalue weighted by Crippen LogP contribution is -2.30. The van der Waals surface area contributed by atoms with Crippen LogP contribution in [0.4, 0.5) is 29.1 Å². The largest absolute Gasteiger partial charge is 0.350 e. The standard InChI is InChI=1S/C18H14BrF4N3O/c1-2-25-14-5-3-4-13(21)16(14)17(24-18(25)27)26(9-15(22)23)12-7-10(19)6-11(20)8-12/h3-8,15H,2,9H2,1H3. The van der Waals surface area contributed by atoms with Crippen LogP contribution in [0.25, 0.3) is 10.9 Å². The molecular formula is C18H14BrF4N3O. The Bertz CT molecular complexity index is 1030. The van der Waals surface area contributed by atoms with Gasteiger partial charge in [-0.3, -0.25) is 4.57 Å². The minimum absolute atomic E-state index is 0.0212. The number of nitrogens with zero attached hydrogens (tertiary/aromatic N) is 3. The Morgan fingerprint density at radius 3 is 2.59 bits per heavy atom. The van der Waals surface area contributed by atoms with Gasteiger partial charge in [0, 0.05) is 16.7 Å². The minimum Gasteiger partial charge on any atom is -0.320 e. The van der Waals surface area contributed by atoms with Crippen LogP contribution in [0.15, 0.2) is 45.7 Å². The van der Waals surface area contributed by atoms with Crippen LogP contribution in [-0.2, 0) is 6.54 Å². The predicted molar refractivity (Wildman–Crippen MR) is 98.7 cm³/mol. The summed E-state index contributed by atoms with van der Waals surface area (Å²) in [4.78, 5) is 17.2. The molecule has 0 aliphatic carbocycles. The number of aromatic nitrogens is 2. The summed E-state index contributed by atoms with van der Waals surface area (Å²) in [5, 5.41) is -0.0833. The fourth-order valence-corrected chi connectivity index (χ4v) is 3.37. The van der Waals surface area contributed by atoms with Gasteiger partial charge in [0.05, 0.1) is 17.4 Å². The Morgan fingerprint density at radius 1 is 1.22 bits per heavy atom. The van der Waals surface area contributed by atoms with Crippen LogP contribution in [0.1, 0.15) is 6.92 Å². The number of aryl methyl sites for hydroxylation is 1. The summed E-state index contributed by atoms with van der Waals surface area (Å²) in [5.74, 6) is -1.67. The number of fused-ring (bicyclic) bond motifs is 1. The molecule has 0 atom stereocenters. The van der Waals surface area contributed by atoms with Gasteiger partial charge in [-0.2, -0.15) is 4.98 Å². The van der Waals surface area contributed by atoms with Crippen LogP contribution >= 0.6 is 15.9 Å². The number of hydrogen-bond acceptors (Lipinski definition) is 3. The van der Waals surface area contributed by atoms with E-state index in [1.165, 1.54) is 22.8 Å². The summed E-state index contributed by atoms with van der Waals surface area (Å²) in [7, 11) is 0. The van der Waals surface area contributed by atoms with Crippen molar-refractivity contribution >= 4 is 38.3 Å². The Balaban J connectivity index is 2.36. The molecule has 4 nitrogen and oxygen atoms in total. The molecule has 3 rings (SSSR count). The van der Waals surface area contributed by atoms with E-state index in [1.807, 2.05) is 0 Å². The van der Waals surface area contributed by atoms with Crippen molar-refractivity contribution in [1.82, 2.24) is 9.55 Å². The molecule has 0 saturated carbocycles. The van der Waals surface area contributed by atoms with Crippen molar-refractivity contribution in [3.8, 4) is 0 Å². The van der Waals surface area contributed by atoms with Gasteiger partial charge in [0.15, 0.2) is 5.82 Å². The average Bonchev–Trinajstić information content (AvgIpc) is 2.58. The van der Waals surface area contributed by atoms with Gasteiger partial charge in [-0.05, 0) is 37.3 Å². The third-order valence-corrected chi connectivity index (χ3v) is 4.45. The van der Waals surface area contributed by atoms with Crippen molar-refractivity contribution in [2.75, 3.05) is 11.4 Å². The van der Waals surface area contributed by atoms with Gasteiger partial charge in [-0.25, -0.2) is 22.4 Å². The van der Waals surface area contributed by atoms with E-state index in [2.05, 4.69) is 20.9 Å². The molecule has 0 unspecified atom stereocenters. The van der Waals surface area contributed by atoms with Gasteiger partial charge in [0.1, 0.15) is 11.6 Å². The van der Waals surface area contributed by atoms with Crippen LogP contribution in [0.5, 0.6) is 0 Å². The molecule has 0 aliphatic heterocycles. The molecule has 1 aromatic heterocycles. The molecule has 0 radical (unpaired) electrons. The van der Waals surface area contributed by atoms with Crippen LogP contribution < -0.4 is 10.6 Å². The zero-order valence-corrected chi connectivity index (χ0v) is 15.7. The maximum absolute atomic E-state index is 14.6. The molecule has 0 bridgehead atoms. The van der Waals surface area contributed by atoms with Crippen molar-refractivity contribution in [3.63, 3.8) is 0 Å². The first-order chi connectivity index (χ1) is 12.8. The number of halogens is 5. The summed E-state index contributed by atoms with van der Waals surface area (Å²) in [6.45, 7) is 1.03. The fourth-order valence-electron chi connectivity index (χ4n) is 2.92. The number of benzene rings is 2. The lowest BCUT2D eigenvalue weighted by atomic mass is 10.2. The van der Waals surface area contributed by atoms with Crippen LogP contribution in [0.3, 0.4) is 0 Å². The van der Waals surface area contributed by atoms with E-state index in [-0.39, 0.29) is 29.0 Å². The maximum atomic E-state index is 14.6. The SMILES string of the molecule is CCn1c(=O)nc(N(CC(F)F)c2cc(F)cc(Br)c2)c2c(F)cccc21. The second-order valence-corrected chi connectivity index (χ2v) is 6.64. The van der Waals surface area contributed by atoms with Crippen LogP contribution in [0, 0.1) is 11.6 Å². The van der Waals surface area contributed by atoms with Gasteiger partial charge in [0.25, 0.3) is 6.43 Å². The van der Waals surface area contributed by atoms with E-state index < -0.39 is 30.3 Å². The summed E-state index contributed by atoms with van der Waals surface area (Å²) in [6, 6.07) is 7.66. The first-order valence-electron chi connectivity index (χ1n) is 8.02. The fraction of sp³-hybridized carbons (Fsp3) is 0.222. The Hall–Kier alpha value is -2.42. The highest BCUT2D eigenvalue weighted by Gasteiger charge is 2.23. The molecule has 9 heteroatoms. The molecule has 0 spiro atoms. The molecule has 0 saturated heterocycles. The molecule has 0 fully saturated rings. The first-order valence-corrected chi connectivity index (χ1v) is 8.82. The van der Waals surface area contributed by atoms with Crippen molar-refractivity contribution in [3.05, 3.63) is 63.0 Å². The molecule has 0 aliphatic rings. The van der Waals surface area contributed by atoms with Gasteiger partial charge in [-0.15, -0.1) is 0 Å². The summed E-state index contributed by atoms with van der Waals surface area (Å²) < 4.78 is 56.5. The first kappa shape index (κ1) is 19.3. The summed E-state index contributed by atoms with van der Waals surface area (Å²) >= 11 is 3.11. The van der Waals surface area contributed by atoms with E-state index in [0.29, 0.717) is 4.47 Å². The second-order valence-electron chi connectivity index (χ2n) is 5.73. The molecule has 1 heterocycles. The molecule has 27 heavy (non-hydrogen) atoms. The van der Waals surface area contributed by atoms with E-state index in [4.69, 9.17) is 0 Å². The quantitative estimate of drug-likeness (QED) is 0.528. The average molecular weight is 444 g/mol. The highest BCUT2D eigenvalue weighted by molar-refractivity contribution is 9.10. The second kappa shape index (κ2) is 7.67. The van der Waals surface area contributed by atoms with Crippen molar-refractivity contribution < 1.29 is 17.6 Å². The third-order valence-electron chi connectivity index (χ3n) is 3.99. The zero-order valence-electron chi connectivity index (χ0n) is 14.1. The molecular weight excluding hydrogens is 430 g/mol. The lowest BCUT2D eigenvalue weighted by Gasteiger charge is -2.25. The van der Waals surface area contributed by atoms with E-state index in [1.54, 1.807) is 6.92 Å². The van der Waals surface area contributed by atoms with Crippen LogP contribution in [0.2, 0.25) is 0 Å². The molecule has 2 aromatic carbocycles. The third kappa shape index (κ3) is 3.83. The van der Waals surface area contributed by atoms with Gasteiger partial charge < -0.3 is 4.90 Å². The topological polar surface area (TPSA) is 38.1 Å². The molecule has 0 amide bonds. The van der Waals surface area contributed by atoms with Crippen molar-refractivity contribution in [2.45, 2.75) is 19.9 Å². The molecule has 3 aromatic rings. The van der Waals surface area contributed by atoms with E-state index in [9.17, 15) is 22.4 Å². The van der Waals surface area contributed by atoms with E-state index in [0.717, 1.165) is 23.1 Å². The number of alkyl halides is 2. The van der Waals surface area contributed by atoms with Gasteiger partial charge in [-0.1, -0.05) is 22.0 Å². The summed E-state index contributed by atoms with van der Waals surface area (Å²) in [5.41, 5.74) is -0.463. The normalized spacial score (nSPS) is 11.4. The van der Waals surface area contributed by atoms with E-state index >= 15 is 0 Å². The number of anilines is 2. The maximum Gasteiger partial charge on any atom is 0.350 e. The monoisotopic (exact) mass is 443 g/mol. The molecule has 142 valence electrons. The zero-order chi connectivity index (χ0) is 19.7. The highest BCUT2D eigenvalue weighted by Crippen LogP contribution is 2.33. The highest BCUT2D eigenvalue weighted by atomic mass is 79.9. The number of hydrogen-bond donors (Lipinski definition) is 0. The molecule has 0 N–H and O–H groups in total. The van der Waals surface area contributed by atoms with Crippen LogP contribution in [-0.4, -0.2) is 22.5 Å². The number of rotatable bonds is 5. The Kier molecular flexibility index (Phi) is 5.50. The Morgan fingerprint density at radius 2 is 1.96 bits per heavy atom.